The summed E-state index contributed by atoms with van der Waals surface area (Å²) < 4.78 is 7.03. The van der Waals surface area contributed by atoms with E-state index >= 15 is 0 Å². The number of hydrogen-bond donors (Lipinski definition) is 0. The number of nitrogens with zero attached hydrogens (tertiary/aromatic N) is 3. The highest BCUT2D eigenvalue weighted by atomic mass is 16.3. The standard InChI is InChI=1S/C57H37N3O/c1-5-15-38(16-6-1)40-27-31-44(32-28-40)55-58-56(45-33-29-41(30-34-45)39-17-7-2-8-18-39)60-57(59-55)47-24-13-23-46(37-47)49-25-14-26-51-52-48(42-19-9-3-10-20-42)35-36-50(54(52)61-53(49)51)43-21-11-4-12-22-43/h1-37H. The third-order valence-electron chi connectivity index (χ3n) is 11.4. The number of para-hydroxylation sites is 1. The normalized spacial score (nSPS) is 11.3. The molecular formula is C57H37N3O. The topological polar surface area (TPSA) is 51.8 Å². The summed E-state index contributed by atoms with van der Waals surface area (Å²) >= 11 is 0. The molecule has 61 heavy (non-hydrogen) atoms. The van der Waals surface area contributed by atoms with Crippen LogP contribution < -0.4 is 0 Å². The first-order valence-electron chi connectivity index (χ1n) is 20.5. The molecule has 0 atom stereocenters. The highest BCUT2D eigenvalue weighted by Crippen LogP contribution is 2.44. The summed E-state index contributed by atoms with van der Waals surface area (Å²) in [6.45, 7) is 0. The van der Waals surface area contributed by atoms with Crippen LogP contribution >= 0.6 is 0 Å². The molecule has 0 spiro atoms. The molecule has 0 saturated carbocycles. The van der Waals surface area contributed by atoms with Crippen LogP contribution in [-0.4, -0.2) is 15.0 Å². The van der Waals surface area contributed by atoms with Crippen molar-refractivity contribution in [2.45, 2.75) is 0 Å². The average Bonchev–Trinajstić information content (AvgIpc) is 3.75. The Morgan fingerprint density at radius 1 is 0.246 bits per heavy atom. The maximum atomic E-state index is 7.03. The zero-order valence-corrected chi connectivity index (χ0v) is 33.1. The van der Waals surface area contributed by atoms with Crippen LogP contribution in [0.4, 0.5) is 0 Å². The minimum Gasteiger partial charge on any atom is -0.455 e. The molecule has 0 aliphatic heterocycles. The van der Waals surface area contributed by atoms with Crippen molar-refractivity contribution < 1.29 is 4.42 Å². The van der Waals surface area contributed by atoms with Gasteiger partial charge in [-0.1, -0.05) is 212 Å². The second-order valence-electron chi connectivity index (χ2n) is 15.2. The zero-order valence-electron chi connectivity index (χ0n) is 33.1. The minimum absolute atomic E-state index is 0.593. The van der Waals surface area contributed by atoms with E-state index in [1.165, 1.54) is 0 Å². The lowest BCUT2D eigenvalue weighted by Gasteiger charge is -2.11. The van der Waals surface area contributed by atoms with E-state index in [9.17, 15) is 0 Å². The van der Waals surface area contributed by atoms with Crippen molar-refractivity contribution in [3.63, 3.8) is 0 Å². The van der Waals surface area contributed by atoms with Crippen molar-refractivity contribution >= 4 is 21.9 Å². The summed E-state index contributed by atoms with van der Waals surface area (Å²) in [4.78, 5) is 15.4. The lowest BCUT2D eigenvalue weighted by Crippen LogP contribution is -2.00. The fourth-order valence-corrected chi connectivity index (χ4v) is 8.31. The fraction of sp³-hybridized carbons (Fsp3) is 0. The number of rotatable bonds is 8. The van der Waals surface area contributed by atoms with Crippen molar-refractivity contribution in [2.75, 3.05) is 0 Å². The van der Waals surface area contributed by atoms with Gasteiger partial charge in [-0.15, -0.1) is 0 Å². The summed E-state index contributed by atoms with van der Waals surface area (Å²) in [5, 5.41) is 2.17. The summed E-state index contributed by atoms with van der Waals surface area (Å²) in [7, 11) is 0. The molecule has 0 aliphatic carbocycles. The number of benzene rings is 9. The Morgan fingerprint density at radius 3 is 1.16 bits per heavy atom. The molecule has 0 radical (unpaired) electrons. The van der Waals surface area contributed by atoms with Gasteiger partial charge in [-0.25, -0.2) is 15.0 Å². The molecule has 0 N–H and O–H groups in total. The zero-order chi connectivity index (χ0) is 40.5. The molecule has 4 heteroatoms. The summed E-state index contributed by atoms with van der Waals surface area (Å²) in [6, 6.07) is 78.0. The summed E-state index contributed by atoms with van der Waals surface area (Å²) in [5.41, 5.74) is 15.5. The number of fused-ring (bicyclic) bond motifs is 3. The van der Waals surface area contributed by atoms with Gasteiger partial charge in [0.15, 0.2) is 17.5 Å². The predicted molar refractivity (Wildman–Crippen MR) is 251 cm³/mol. The van der Waals surface area contributed by atoms with E-state index in [2.05, 4.69) is 206 Å². The fourth-order valence-electron chi connectivity index (χ4n) is 8.31. The monoisotopic (exact) mass is 779 g/mol. The van der Waals surface area contributed by atoms with E-state index in [0.29, 0.717) is 17.5 Å². The Kier molecular flexibility index (Phi) is 9.14. The molecule has 4 nitrogen and oxygen atoms in total. The van der Waals surface area contributed by atoms with Crippen molar-refractivity contribution in [1.29, 1.82) is 0 Å². The first kappa shape index (κ1) is 35.9. The van der Waals surface area contributed by atoms with Crippen LogP contribution in [0.15, 0.2) is 229 Å². The second-order valence-corrected chi connectivity index (χ2v) is 15.2. The quantitative estimate of drug-likeness (QED) is 0.154. The largest absolute Gasteiger partial charge is 0.455 e. The number of furan rings is 1. The van der Waals surface area contributed by atoms with Crippen LogP contribution in [0.2, 0.25) is 0 Å². The van der Waals surface area contributed by atoms with E-state index in [-0.39, 0.29) is 0 Å². The SMILES string of the molecule is c1ccc(-c2ccc(-c3nc(-c4ccc(-c5ccccc5)cc4)nc(-c4cccc(-c5cccc6c5oc5c(-c7ccccc7)ccc(-c7ccccc7)c56)c4)n3)cc2)cc1. The van der Waals surface area contributed by atoms with Crippen molar-refractivity contribution in [1.82, 2.24) is 15.0 Å². The first-order chi connectivity index (χ1) is 30.2. The summed E-state index contributed by atoms with van der Waals surface area (Å²) in [6.07, 6.45) is 0. The Balaban J connectivity index is 1.05. The van der Waals surface area contributed by atoms with Gasteiger partial charge in [-0.05, 0) is 56.6 Å². The van der Waals surface area contributed by atoms with Crippen molar-refractivity contribution in [3.05, 3.63) is 224 Å². The Labute approximate surface area is 354 Å². The predicted octanol–water partition coefficient (Wildman–Crippen LogP) is 15.1. The van der Waals surface area contributed by atoms with E-state index < -0.39 is 0 Å². The maximum Gasteiger partial charge on any atom is 0.164 e. The number of hydrogen-bond acceptors (Lipinski definition) is 4. The molecule has 0 saturated heterocycles. The lowest BCUT2D eigenvalue weighted by molar-refractivity contribution is 0.671. The van der Waals surface area contributed by atoms with Crippen LogP contribution in [-0.2, 0) is 0 Å². The molecule has 286 valence electrons. The molecule has 0 fully saturated rings. The smallest absolute Gasteiger partial charge is 0.164 e. The van der Waals surface area contributed by atoms with Crippen LogP contribution in [0.5, 0.6) is 0 Å². The molecule has 0 unspecified atom stereocenters. The molecule has 2 aromatic heterocycles. The van der Waals surface area contributed by atoms with Gasteiger partial charge in [-0.3, -0.25) is 0 Å². The highest BCUT2D eigenvalue weighted by molar-refractivity contribution is 6.18. The molecule has 2 heterocycles. The van der Waals surface area contributed by atoms with Gasteiger partial charge >= 0.3 is 0 Å². The van der Waals surface area contributed by atoms with E-state index in [0.717, 1.165) is 94.3 Å². The molecular weight excluding hydrogens is 743 g/mol. The Morgan fingerprint density at radius 2 is 0.623 bits per heavy atom. The highest BCUT2D eigenvalue weighted by Gasteiger charge is 2.20. The average molecular weight is 780 g/mol. The molecule has 0 bridgehead atoms. The van der Waals surface area contributed by atoms with Gasteiger partial charge in [0.1, 0.15) is 11.2 Å². The van der Waals surface area contributed by atoms with Crippen LogP contribution in [0.1, 0.15) is 0 Å². The lowest BCUT2D eigenvalue weighted by atomic mass is 9.94. The number of aromatic nitrogens is 3. The van der Waals surface area contributed by atoms with Crippen LogP contribution in [0.25, 0.3) is 112 Å². The third kappa shape index (κ3) is 6.86. The van der Waals surface area contributed by atoms with Crippen LogP contribution in [0, 0.1) is 0 Å². The van der Waals surface area contributed by atoms with Gasteiger partial charge < -0.3 is 4.42 Å². The van der Waals surface area contributed by atoms with E-state index in [4.69, 9.17) is 19.4 Å². The van der Waals surface area contributed by atoms with Crippen molar-refractivity contribution in [2.24, 2.45) is 0 Å². The Bertz CT molecular complexity index is 3210. The van der Waals surface area contributed by atoms with Gasteiger partial charge in [0.25, 0.3) is 0 Å². The van der Waals surface area contributed by atoms with Gasteiger partial charge in [0.05, 0.1) is 0 Å². The maximum absolute atomic E-state index is 7.03. The third-order valence-corrected chi connectivity index (χ3v) is 11.4. The molecule has 9 aromatic carbocycles. The minimum atomic E-state index is 0.593. The van der Waals surface area contributed by atoms with Crippen molar-refractivity contribution in [3.8, 4) is 89.8 Å². The van der Waals surface area contributed by atoms with E-state index in [1.807, 2.05) is 18.2 Å². The first-order valence-corrected chi connectivity index (χ1v) is 20.5. The van der Waals surface area contributed by atoms with E-state index in [1.54, 1.807) is 0 Å². The van der Waals surface area contributed by atoms with Crippen LogP contribution in [0.3, 0.4) is 0 Å². The van der Waals surface area contributed by atoms with Gasteiger partial charge in [0.2, 0.25) is 0 Å². The van der Waals surface area contributed by atoms with Gasteiger partial charge in [-0.2, -0.15) is 0 Å². The molecule has 11 aromatic rings. The van der Waals surface area contributed by atoms with Gasteiger partial charge in [0, 0.05) is 38.6 Å². The Hall–Kier alpha value is -8.21. The summed E-state index contributed by atoms with van der Waals surface area (Å²) in [5.74, 6) is 1.81. The molecule has 0 amide bonds. The molecule has 0 aliphatic rings. The second kappa shape index (κ2) is 15.5. The molecule has 11 rings (SSSR count).